The van der Waals surface area contributed by atoms with E-state index < -0.39 is 4.92 Å². The Bertz CT molecular complexity index is 1040. The maximum atomic E-state index is 10.7. The van der Waals surface area contributed by atoms with E-state index in [1.54, 1.807) is 18.2 Å². The minimum Gasteiger partial charge on any atom is -0.258 e. The zero-order valence-electron chi connectivity index (χ0n) is 14.3. The third-order valence-electron chi connectivity index (χ3n) is 3.93. The van der Waals surface area contributed by atoms with Crippen molar-refractivity contribution in [2.24, 2.45) is 0 Å². The van der Waals surface area contributed by atoms with Gasteiger partial charge in [0.25, 0.3) is 5.69 Å². The van der Waals surface area contributed by atoms with Gasteiger partial charge in [0.05, 0.1) is 16.2 Å². The Morgan fingerprint density at radius 1 is 1.23 bits per heavy atom. The highest BCUT2D eigenvalue weighted by molar-refractivity contribution is 7.11. The lowest BCUT2D eigenvalue weighted by molar-refractivity contribution is -0.384. The molecule has 5 nitrogen and oxygen atoms in total. The molecule has 0 fully saturated rings. The molecule has 0 atom stereocenters. The van der Waals surface area contributed by atoms with Gasteiger partial charge >= 0.3 is 0 Å². The van der Waals surface area contributed by atoms with E-state index in [4.69, 9.17) is 0 Å². The number of non-ortho nitro benzene ring substituents is 1. The number of nitrogens with zero attached hydrogens (tertiary/aromatic N) is 3. The summed E-state index contributed by atoms with van der Waals surface area (Å²) < 4.78 is 0. The third-order valence-corrected chi connectivity index (χ3v) is 4.80. The molecule has 26 heavy (non-hydrogen) atoms. The fourth-order valence-electron chi connectivity index (χ4n) is 2.62. The molecular weight excluding hydrogens is 346 g/mol. The Morgan fingerprint density at radius 3 is 2.58 bits per heavy atom. The van der Waals surface area contributed by atoms with Gasteiger partial charge in [0.2, 0.25) is 0 Å². The molecule has 0 radical (unpaired) electrons. The van der Waals surface area contributed by atoms with Gasteiger partial charge < -0.3 is 0 Å². The van der Waals surface area contributed by atoms with Gasteiger partial charge in [-0.1, -0.05) is 23.8 Å². The van der Waals surface area contributed by atoms with Crippen LogP contribution in [0.5, 0.6) is 0 Å². The van der Waals surface area contributed by atoms with E-state index in [-0.39, 0.29) is 5.69 Å². The minimum atomic E-state index is -0.449. The van der Waals surface area contributed by atoms with Crippen molar-refractivity contribution in [3.05, 3.63) is 79.7 Å². The Labute approximate surface area is 155 Å². The van der Waals surface area contributed by atoms with Gasteiger partial charge in [-0.15, -0.1) is 11.3 Å². The van der Waals surface area contributed by atoms with Crippen molar-refractivity contribution in [1.82, 2.24) is 4.98 Å². The van der Waals surface area contributed by atoms with Crippen LogP contribution >= 0.6 is 11.3 Å². The van der Waals surface area contributed by atoms with Crippen LogP contribution in [0.4, 0.5) is 5.69 Å². The molecule has 0 amide bonds. The first-order valence-electron chi connectivity index (χ1n) is 7.87. The Morgan fingerprint density at radius 2 is 1.96 bits per heavy atom. The van der Waals surface area contributed by atoms with Gasteiger partial charge in [0.1, 0.15) is 11.1 Å². The molecule has 128 valence electrons. The van der Waals surface area contributed by atoms with E-state index in [2.05, 4.69) is 17.1 Å². The van der Waals surface area contributed by atoms with E-state index in [0.717, 1.165) is 22.4 Å². The van der Waals surface area contributed by atoms with E-state index in [9.17, 15) is 15.4 Å². The summed E-state index contributed by atoms with van der Waals surface area (Å²) in [7, 11) is 0. The van der Waals surface area contributed by atoms with Crippen LogP contribution in [0.2, 0.25) is 0 Å². The molecule has 0 spiro atoms. The van der Waals surface area contributed by atoms with Crippen LogP contribution in [0, 0.1) is 35.3 Å². The minimum absolute atomic E-state index is 0.0204. The first kappa shape index (κ1) is 17.5. The predicted octanol–water partition coefficient (Wildman–Crippen LogP) is 5.40. The summed E-state index contributed by atoms with van der Waals surface area (Å²) in [5, 5.41) is 22.8. The predicted molar refractivity (Wildman–Crippen MR) is 104 cm³/mol. The maximum absolute atomic E-state index is 10.7. The lowest BCUT2D eigenvalue weighted by atomic mass is 10.0. The number of aryl methyl sites for hydroxylation is 2. The molecule has 0 saturated carbocycles. The van der Waals surface area contributed by atoms with E-state index in [1.807, 2.05) is 31.4 Å². The fraction of sp³-hybridized carbons (Fsp3) is 0.100. The second-order valence-corrected chi connectivity index (χ2v) is 6.73. The van der Waals surface area contributed by atoms with Crippen LogP contribution in [-0.2, 0) is 0 Å². The van der Waals surface area contributed by atoms with Crippen LogP contribution in [0.3, 0.4) is 0 Å². The normalized spacial score (nSPS) is 11.2. The molecule has 0 N–H and O–H groups in total. The highest BCUT2D eigenvalue weighted by Gasteiger charge is 2.11. The molecule has 2 aromatic carbocycles. The van der Waals surface area contributed by atoms with Gasteiger partial charge in [0, 0.05) is 23.1 Å². The average molecular weight is 361 g/mol. The van der Waals surface area contributed by atoms with Crippen molar-refractivity contribution < 1.29 is 4.92 Å². The third kappa shape index (κ3) is 3.68. The van der Waals surface area contributed by atoms with Crippen molar-refractivity contribution in [2.45, 2.75) is 13.8 Å². The molecule has 0 bridgehead atoms. The number of nitriles is 1. The highest BCUT2D eigenvalue weighted by Crippen LogP contribution is 2.29. The van der Waals surface area contributed by atoms with Crippen molar-refractivity contribution in [1.29, 1.82) is 5.26 Å². The van der Waals surface area contributed by atoms with Crippen molar-refractivity contribution in [3.8, 4) is 17.3 Å². The van der Waals surface area contributed by atoms with Crippen LogP contribution in [0.25, 0.3) is 22.9 Å². The number of nitro benzene ring substituents is 1. The lowest BCUT2D eigenvalue weighted by Gasteiger charge is -2.03. The summed E-state index contributed by atoms with van der Waals surface area (Å²) in [5.74, 6) is 0. The first-order chi connectivity index (χ1) is 12.5. The summed E-state index contributed by atoms with van der Waals surface area (Å²) in [4.78, 5) is 14.9. The van der Waals surface area contributed by atoms with Crippen LogP contribution in [-0.4, -0.2) is 9.91 Å². The number of thiazole rings is 1. The first-order valence-corrected chi connectivity index (χ1v) is 8.75. The van der Waals surface area contributed by atoms with E-state index >= 15 is 0 Å². The summed E-state index contributed by atoms with van der Waals surface area (Å²) in [6.07, 6.45) is 1.69. The molecule has 0 unspecified atom stereocenters. The highest BCUT2D eigenvalue weighted by atomic mass is 32.1. The van der Waals surface area contributed by atoms with Crippen molar-refractivity contribution in [3.63, 3.8) is 0 Å². The monoisotopic (exact) mass is 361 g/mol. The molecule has 0 saturated heterocycles. The summed E-state index contributed by atoms with van der Waals surface area (Å²) >= 11 is 1.41. The number of nitro groups is 1. The Hall–Kier alpha value is -3.30. The van der Waals surface area contributed by atoms with Crippen molar-refractivity contribution in [2.75, 3.05) is 0 Å². The number of hydrogen-bond donors (Lipinski definition) is 0. The van der Waals surface area contributed by atoms with Crippen LogP contribution in [0.15, 0.2) is 47.8 Å². The lowest BCUT2D eigenvalue weighted by Crippen LogP contribution is -1.88. The molecule has 0 aliphatic heterocycles. The summed E-state index contributed by atoms with van der Waals surface area (Å²) in [5.41, 5.74) is 5.39. The maximum Gasteiger partial charge on any atom is 0.269 e. The van der Waals surface area contributed by atoms with E-state index in [0.29, 0.717) is 10.6 Å². The molecule has 0 aliphatic rings. The molecule has 6 heteroatoms. The van der Waals surface area contributed by atoms with E-state index in [1.165, 1.54) is 29.0 Å². The van der Waals surface area contributed by atoms with Gasteiger partial charge in [-0.3, -0.25) is 10.1 Å². The van der Waals surface area contributed by atoms with Crippen LogP contribution < -0.4 is 0 Å². The smallest absolute Gasteiger partial charge is 0.258 e. The largest absolute Gasteiger partial charge is 0.269 e. The number of allylic oxidation sites excluding steroid dienone is 1. The number of benzene rings is 2. The SMILES string of the molecule is Cc1ccc(-c2csc(/C(C#N)=C/c3ccc([N+](=O)[O-])cc3)n2)c(C)c1. The van der Waals surface area contributed by atoms with Crippen molar-refractivity contribution >= 4 is 28.7 Å². The quantitative estimate of drug-likeness (QED) is 0.354. The molecule has 0 aliphatic carbocycles. The number of aromatic nitrogens is 1. The topological polar surface area (TPSA) is 79.8 Å². The Kier molecular flexibility index (Phi) is 4.92. The molecule has 1 heterocycles. The van der Waals surface area contributed by atoms with Gasteiger partial charge in [-0.2, -0.15) is 5.26 Å². The summed E-state index contributed by atoms with van der Waals surface area (Å²) in [6, 6.07) is 14.4. The van der Waals surface area contributed by atoms with Gasteiger partial charge in [-0.25, -0.2) is 4.98 Å². The van der Waals surface area contributed by atoms with Crippen LogP contribution in [0.1, 0.15) is 21.7 Å². The fourth-order valence-corrected chi connectivity index (χ4v) is 3.41. The number of hydrogen-bond acceptors (Lipinski definition) is 5. The molecule has 3 rings (SSSR count). The molecular formula is C20H15N3O2S. The zero-order chi connectivity index (χ0) is 18.7. The molecule has 1 aromatic heterocycles. The zero-order valence-corrected chi connectivity index (χ0v) is 15.1. The standard InChI is InChI=1S/C20H15N3O2S/c1-13-3-8-18(14(2)9-13)19-12-26-20(22-19)16(11-21)10-15-4-6-17(7-5-15)23(24)25/h3-10,12H,1-2H3/b16-10+. The summed E-state index contributed by atoms with van der Waals surface area (Å²) in [6.45, 7) is 4.09. The van der Waals surface area contributed by atoms with Gasteiger partial charge in [-0.05, 0) is 43.2 Å². The Balaban J connectivity index is 1.93. The average Bonchev–Trinajstić information content (AvgIpc) is 3.09. The second-order valence-electron chi connectivity index (χ2n) is 5.87. The van der Waals surface area contributed by atoms with Gasteiger partial charge in [0.15, 0.2) is 0 Å². The second kappa shape index (κ2) is 7.30. The molecule has 3 aromatic rings. The number of rotatable bonds is 4.